The molecule has 0 heterocycles. The molecule has 0 aromatic heterocycles. The first kappa shape index (κ1) is 16.1. The maximum atomic E-state index is 13.3. The lowest BCUT2D eigenvalue weighted by Gasteiger charge is -2.31. The summed E-state index contributed by atoms with van der Waals surface area (Å²) >= 11 is 0. The van der Waals surface area contributed by atoms with Gasteiger partial charge in [-0.1, -0.05) is 13.8 Å². The van der Waals surface area contributed by atoms with Crippen LogP contribution in [-0.2, 0) is 9.53 Å². The van der Waals surface area contributed by atoms with Gasteiger partial charge in [-0.15, -0.1) is 0 Å². The van der Waals surface area contributed by atoms with E-state index in [1.807, 2.05) is 27.7 Å². The second-order valence-corrected chi connectivity index (χ2v) is 5.81. The Morgan fingerprint density at radius 2 is 1.88 bits per heavy atom. The number of rotatable bonds is 6. The lowest BCUT2D eigenvalue weighted by molar-refractivity contribution is -0.140. The third kappa shape index (κ3) is 7.91. The Labute approximate surface area is 103 Å². The van der Waals surface area contributed by atoms with Gasteiger partial charge in [0.2, 0.25) is 5.83 Å². The van der Waals surface area contributed by atoms with Gasteiger partial charge in [-0.05, 0) is 45.1 Å². The number of hydrogen-bond acceptors (Lipinski definition) is 3. The van der Waals surface area contributed by atoms with E-state index in [1.165, 1.54) is 6.08 Å². The van der Waals surface area contributed by atoms with E-state index in [2.05, 4.69) is 4.74 Å². The van der Waals surface area contributed by atoms with Crippen LogP contribution in [0.15, 0.2) is 11.9 Å². The predicted octanol–water partition coefficient (Wildman–Crippen LogP) is 2.95. The van der Waals surface area contributed by atoms with Crippen LogP contribution in [0.5, 0.6) is 0 Å². The van der Waals surface area contributed by atoms with Gasteiger partial charge in [0.25, 0.3) is 0 Å². The molecule has 0 bridgehead atoms. The molecule has 100 valence electrons. The van der Waals surface area contributed by atoms with E-state index in [9.17, 15) is 9.18 Å². The summed E-state index contributed by atoms with van der Waals surface area (Å²) in [6.45, 7) is 9.68. The van der Waals surface area contributed by atoms with Crippen molar-refractivity contribution in [1.29, 1.82) is 0 Å². The van der Waals surface area contributed by atoms with Crippen LogP contribution in [-0.4, -0.2) is 18.1 Å². The molecule has 0 saturated carbocycles. The van der Waals surface area contributed by atoms with Gasteiger partial charge in [0.05, 0.1) is 6.61 Å². The first-order chi connectivity index (χ1) is 7.57. The highest BCUT2D eigenvalue weighted by Gasteiger charge is 2.25. The van der Waals surface area contributed by atoms with Gasteiger partial charge in [-0.2, -0.15) is 4.39 Å². The van der Waals surface area contributed by atoms with Gasteiger partial charge >= 0.3 is 5.97 Å². The highest BCUT2D eigenvalue weighted by atomic mass is 19.1. The van der Waals surface area contributed by atoms with E-state index in [4.69, 9.17) is 5.73 Å². The molecule has 0 saturated heterocycles. The number of allylic oxidation sites excluding steroid dienone is 1. The molecule has 0 atom stereocenters. The average molecular weight is 245 g/mol. The molecule has 0 aromatic rings. The van der Waals surface area contributed by atoms with Gasteiger partial charge in [0.15, 0.2) is 0 Å². The molecule has 0 rings (SSSR count). The molecule has 0 aliphatic rings. The van der Waals surface area contributed by atoms with Crippen molar-refractivity contribution >= 4 is 5.97 Å². The Bertz CT molecular complexity index is 290. The summed E-state index contributed by atoms with van der Waals surface area (Å²) in [6.07, 6.45) is 2.48. The number of carbonyl (C=O) groups excluding carboxylic acids is 1. The number of esters is 1. The van der Waals surface area contributed by atoms with Crippen molar-refractivity contribution in [3.05, 3.63) is 11.9 Å². The highest BCUT2D eigenvalue weighted by molar-refractivity contribution is 5.85. The first-order valence-electron chi connectivity index (χ1n) is 5.89. The largest absolute Gasteiger partial charge is 0.461 e. The Hall–Kier alpha value is -0.900. The minimum Gasteiger partial charge on any atom is -0.461 e. The molecule has 4 heteroatoms. The van der Waals surface area contributed by atoms with E-state index in [-0.39, 0.29) is 17.6 Å². The fraction of sp³-hybridized carbons (Fsp3) is 0.769. The maximum Gasteiger partial charge on any atom is 0.366 e. The van der Waals surface area contributed by atoms with Crippen LogP contribution in [0.1, 0.15) is 47.5 Å². The molecule has 0 unspecified atom stereocenters. The zero-order valence-corrected chi connectivity index (χ0v) is 11.5. The SMILES string of the molecule is CCOC(=O)/C(F)=C/CC(C)(C)CC(C)(C)N. The van der Waals surface area contributed by atoms with Crippen molar-refractivity contribution < 1.29 is 13.9 Å². The van der Waals surface area contributed by atoms with E-state index in [0.717, 1.165) is 6.42 Å². The quantitative estimate of drug-likeness (QED) is 0.578. The van der Waals surface area contributed by atoms with Gasteiger partial charge in [-0.25, -0.2) is 4.79 Å². The van der Waals surface area contributed by atoms with Crippen molar-refractivity contribution in [2.45, 2.75) is 53.0 Å². The van der Waals surface area contributed by atoms with Crippen molar-refractivity contribution in [2.24, 2.45) is 11.1 Å². The fourth-order valence-electron chi connectivity index (χ4n) is 1.95. The standard InChI is InChI=1S/C13H24FNO2/c1-6-17-11(16)10(14)7-8-12(2,3)9-13(4,5)15/h7H,6,8-9,15H2,1-5H3/b10-7-. The van der Waals surface area contributed by atoms with Crippen LogP contribution in [0.25, 0.3) is 0 Å². The Balaban J connectivity index is 4.43. The molecule has 0 aliphatic heterocycles. The highest BCUT2D eigenvalue weighted by Crippen LogP contribution is 2.31. The predicted molar refractivity (Wildman–Crippen MR) is 67.1 cm³/mol. The Morgan fingerprint density at radius 3 is 2.29 bits per heavy atom. The third-order valence-corrected chi connectivity index (χ3v) is 2.24. The molecule has 0 aliphatic carbocycles. The summed E-state index contributed by atoms with van der Waals surface area (Å²) in [5.74, 6) is -1.72. The smallest absolute Gasteiger partial charge is 0.366 e. The number of hydrogen-bond donors (Lipinski definition) is 1. The molecule has 2 N–H and O–H groups in total. The topological polar surface area (TPSA) is 52.3 Å². The Kier molecular flexibility index (Phi) is 5.82. The van der Waals surface area contributed by atoms with Gasteiger partial charge in [-0.3, -0.25) is 0 Å². The summed E-state index contributed by atoms with van der Waals surface area (Å²) < 4.78 is 17.9. The molecule has 0 aromatic carbocycles. The van der Waals surface area contributed by atoms with Gasteiger partial charge in [0, 0.05) is 5.54 Å². The average Bonchev–Trinajstić information content (AvgIpc) is 2.10. The lowest BCUT2D eigenvalue weighted by Crippen LogP contribution is -2.37. The minimum atomic E-state index is -0.893. The van der Waals surface area contributed by atoms with Crippen LogP contribution < -0.4 is 5.73 Å². The summed E-state index contributed by atoms with van der Waals surface area (Å²) in [5.41, 5.74) is 5.47. The summed E-state index contributed by atoms with van der Waals surface area (Å²) in [4.78, 5) is 11.1. The number of ether oxygens (including phenoxy) is 1. The molecule has 0 amide bonds. The van der Waals surface area contributed by atoms with Crippen LogP contribution in [0.3, 0.4) is 0 Å². The Morgan fingerprint density at radius 1 is 1.35 bits per heavy atom. The monoisotopic (exact) mass is 245 g/mol. The van der Waals surface area contributed by atoms with E-state index in [0.29, 0.717) is 6.42 Å². The second kappa shape index (κ2) is 6.15. The van der Waals surface area contributed by atoms with Crippen LogP contribution in [0.2, 0.25) is 0 Å². The van der Waals surface area contributed by atoms with Crippen molar-refractivity contribution in [3.63, 3.8) is 0 Å². The fourth-order valence-corrected chi connectivity index (χ4v) is 1.95. The first-order valence-corrected chi connectivity index (χ1v) is 5.89. The summed E-state index contributed by atoms with van der Waals surface area (Å²) in [6, 6.07) is 0. The zero-order chi connectivity index (χ0) is 13.7. The van der Waals surface area contributed by atoms with Gasteiger partial charge in [0.1, 0.15) is 0 Å². The van der Waals surface area contributed by atoms with E-state index in [1.54, 1.807) is 6.92 Å². The number of halogens is 1. The molecule has 0 spiro atoms. The molecular weight excluding hydrogens is 221 g/mol. The number of carbonyl (C=O) groups is 1. The molecule has 0 radical (unpaired) electrons. The van der Waals surface area contributed by atoms with Crippen LogP contribution >= 0.6 is 0 Å². The number of nitrogens with two attached hydrogens (primary N) is 1. The van der Waals surface area contributed by atoms with Crippen molar-refractivity contribution in [3.8, 4) is 0 Å². The molecular formula is C13H24FNO2. The van der Waals surface area contributed by atoms with Crippen LogP contribution in [0, 0.1) is 5.41 Å². The van der Waals surface area contributed by atoms with E-state index < -0.39 is 11.8 Å². The van der Waals surface area contributed by atoms with Crippen molar-refractivity contribution in [1.82, 2.24) is 0 Å². The van der Waals surface area contributed by atoms with Crippen LogP contribution in [0.4, 0.5) is 4.39 Å². The summed E-state index contributed by atoms with van der Waals surface area (Å²) in [7, 11) is 0. The molecule has 0 fully saturated rings. The second-order valence-electron chi connectivity index (χ2n) is 5.81. The summed E-state index contributed by atoms with van der Waals surface area (Å²) in [5, 5.41) is 0. The molecule has 17 heavy (non-hydrogen) atoms. The minimum absolute atomic E-state index is 0.151. The lowest BCUT2D eigenvalue weighted by atomic mass is 9.78. The maximum absolute atomic E-state index is 13.3. The van der Waals surface area contributed by atoms with Crippen molar-refractivity contribution in [2.75, 3.05) is 6.61 Å². The third-order valence-electron chi connectivity index (χ3n) is 2.24. The normalized spacial score (nSPS) is 13.7. The van der Waals surface area contributed by atoms with Gasteiger partial charge < -0.3 is 10.5 Å². The van der Waals surface area contributed by atoms with E-state index >= 15 is 0 Å². The zero-order valence-electron chi connectivity index (χ0n) is 11.5. The molecule has 3 nitrogen and oxygen atoms in total.